The number of carbonyl (C=O) groups is 2. The van der Waals surface area contributed by atoms with Crippen molar-refractivity contribution in [3.05, 3.63) is 29.6 Å². The first kappa shape index (κ1) is 15.1. The van der Waals surface area contributed by atoms with Crippen LogP contribution in [0.25, 0.3) is 0 Å². The van der Waals surface area contributed by atoms with E-state index in [2.05, 4.69) is 0 Å². The van der Waals surface area contributed by atoms with Gasteiger partial charge in [0.1, 0.15) is 22.7 Å². The van der Waals surface area contributed by atoms with E-state index in [4.69, 9.17) is 15.2 Å². The summed E-state index contributed by atoms with van der Waals surface area (Å²) in [5, 5.41) is 0. The lowest BCUT2D eigenvalue weighted by Crippen LogP contribution is -2.25. The third kappa shape index (κ3) is 4.67. The van der Waals surface area contributed by atoms with Gasteiger partial charge >= 0.3 is 11.9 Å². The molecule has 0 atom stereocenters. The van der Waals surface area contributed by atoms with Crippen LogP contribution < -0.4 is 10.5 Å². The van der Waals surface area contributed by atoms with Crippen molar-refractivity contribution in [3.63, 3.8) is 0 Å². The maximum Gasteiger partial charge on any atom is 0.342 e. The van der Waals surface area contributed by atoms with Crippen LogP contribution in [-0.2, 0) is 9.53 Å². The minimum atomic E-state index is -0.771. The van der Waals surface area contributed by atoms with Crippen molar-refractivity contribution in [2.45, 2.75) is 26.4 Å². The van der Waals surface area contributed by atoms with Crippen molar-refractivity contribution in [1.82, 2.24) is 0 Å². The molecule has 0 radical (unpaired) electrons. The van der Waals surface area contributed by atoms with Crippen LogP contribution in [0, 0.1) is 5.82 Å². The van der Waals surface area contributed by atoms with E-state index in [0.717, 1.165) is 12.1 Å². The average molecular weight is 269 g/mol. The number of ether oxygens (including phenoxy) is 2. The molecule has 2 N–H and O–H groups in total. The molecule has 0 aliphatic heterocycles. The monoisotopic (exact) mass is 269 g/mol. The van der Waals surface area contributed by atoms with Gasteiger partial charge in [0.15, 0.2) is 0 Å². The van der Waals surface area contributed by atoms with E-state index in [0.29, 0.717) is 0 Å². The summed E-state index contributed by atoms with van der Waals surface area (Å²) in [6.45, 7) is 4.69. The van der Waals surface area contributed by atoms with E-state index in [1.54, 1.807) is 20.8 Å². The molecule has 0 bridgehead atoms. The number of benzene rings is 1. The number of rotatable bonds is 3. The standard InChI is InChI=1S/C13H16FNO4/c1-13(2,3)19-12(17)9-6-8(14)4-5-10(9)18-11(16)7-15/h4-6H,7,15H2,1-3H3. The summed E-state index contributed by atoms with van der Waals surface area (Å²) < 4.78 is 23.1. The summed E-state index contributed by atoms with van der Waals surface area (Å²) in [6.07, 6.45) is 0. The number of carbonyl (C=O) groups excluding carboxylic acids is 2. The van der Waals surface area contributed by atoms with E-state index in [-0.39, 0.29) is 17.9 Å². The van der Waals surface area contributed by atoms with Crippen molar-refractivity contribution in [2.24, 2.45) is 5.73 Å². The minimum Gasteiger partial charge on any atom is -0.456 e. The molecule has 6 heteroatoms. The number of esters is 2. The van der Waals surface area contributed by atoms with E-state index in [1.165, 1.54) is 6.07 Å². The van der Waals surface area contributed by atoms with Crippen LogP contribution in [0.15, 0.2) is 18.2 Å². The zero-order valence-electron chi connectivity index (χ0n) is 11.0. The van der Waals surface area contributed by atoms with Gasteiger partial charge in [-0.05, 0) is 39.0 Å². The molecule has 19 heavy (non-hydrogen) atoms. The Bertz CT molecular complexity index is 494. The van der Waals surface area contributed by atoms with E-state index in [9.17, 15) is 14.0 Å². The highest BCUT2D eigenvalue weighted by Crippen LogP contribution is 2.23. The summed E-state index contributed by atoms with van der Waals surface area (Å²) in [4.78, 5) is 23.0. The van der Waals surface area contributed by atoms with Gasteiger partial charge in [0.2, 0.25) is 0 Å². The lowest BCUT2D eigenvalue weighted by atomic mass is 10.1. The second-order valence-corrected chi connectivity index (χ2v) is 4.82. The Hall–Kier alpha value is -1.95. The Labute approximate surface area is 110 Å². The Morgan fingerprint density at radius 1 is 1.32 bits per heavy atom. The summed E-state index contributed by atoms with van der Waals surface area (Å²) in [5.74, 6) is -2.21. The zero-order valence-corrected chi connectivity index (χ0v) is 11.0. The number of halogens is 1. The number of nitrogens with two attached hydrogens (primary N) is 1. The van der Waals surface area contributed by atoms with Gasteiger partial charge in [-0.15, -0.1) is 0 Å². The Morgan fingerprint density at radius 3 is 2.47 bits per heavy atom. The van der Waals surface area contributed by atoms with Gasteiger partial charge in [0.25, 0.3) is 0 Å². The number of hydrogen-bond acceptors (Lipinski definition) is 5. The molecule has 0 saturated heterocycles. The van der Waals surface area contributed by atoms with E-state index >= 15 is 0 Å². The van der Waals surface area contributed by atoms with Crippen LogP contribution in [0.5, 0.6) is 5.75 Å². The highest BCUT2D eigenvalue weighted by atomic mass is 19.1. The van der Waals surface area contributed by atoms with E-state index in [1.807, 2.05) is 0 Å². The normalized spacial score (nSPS) is 11.0. The molecule has 0 unspecified atom stereocenters. The molecular weight excluding hydrogens is 253 g/mol. The largest absolute Gasteiger partial charge is 0.456 e. The fourth-order valence-corrected chi connectivity index (χ4v) is 1.25. The van der Waals surface area contributed by atoms with Crippen LogP contribution in [0.4, 0.5) is 4.39 Å². The average Bonchev–Trinajstić information content (AvgIpc) is 2.29. The van der Waals surface area contributed by atoms with Gasteiger partial charge in [-0.1, -0.05) is 0 Å². The van der Waals surface area contributed by atoms with Crippen molar-refractivity contribution >= 4 is 11.9 Å². The fraction of sp³-hybridized carbons (Fsp3) is 0.385. The Morgan fingerprint density at radius 2 is 1.95 bits per heavy atom. The third-order valence-corrected chi connectivity index (χ3v) is 1.95. The molecule has 1 aromatic rings. The van der Waals surface area contributed by atoms with Crippen molar-refractivity contribution in [2.75, 3.05) is 6.54 Å². The Balaban J connectivity index is 3.06. The predicted octanol–water partition coefficient (Wildman–Crippen LogP) is 1.65. The number of hydrogen-bond donors (Lipinski definition) is 1. The first-order valence-corrected chi connectivity index (χ1v) is 5.66. The van der Waals surface area contributed by atoms with Gasteiger partial charge in [0, 0.05) is 0 Å². The van der Waals surface area contributed by atoms with Gasteiger partial charge in [0.05, 0.1) is 6.54 Å². The molecule has 0 aliphatic carbocycles. The molecule has 0 heterocycles. The second kappa shape index (κ2) is 5.79. The molecule has 1 aromatic carbocycles. The lowest BCUT2D eigenvalue weighted by Gasteiger charge is -2.20. The Kier molecular flexibility index (Phi) is 4.61. The molecule has 0 aromatic heterocycles. The molecule has 0 aliphatic rings. The molecule has 0 amide bonds. The maximum absolute atomic E-state index is 13.2. The highest BCUT2D eigenvalue weighted by Gasteiger charge is 2.22. The molecular formula is C13H16FNO4. The van der Waals surface area contributed by atoms with Crippen LogP contribution >= 0.6 is 0 Å². The lowest BCUT2D eigenvalue weighted by molar-refractivity contribution is -0.132. The van der Waals surface area contributed by atoms with Crippen molar-refractivity contribution < 1.29 is 23.5 Å². The molecule has 0 spiro atoms. The van der Waals surface area contributed by atoms with Gasteiger partial charge in [-0.2, -0.15) is 0 Å². The first-order valence-electron chi connectivity index (χ1n) is 5.66. The first-order chi connectivity index (χ1) is 8.73. The summed E-state index contributed by atoms with van der Waals surface area (Å²) in [6, 6.07) is 3.21. The van der Waals surface area contributed by atoms with E-state index < -0.39 is 23.4 Å². The third-order valence-electron chi connectivity index (χ3n) is 1.95. The topological polar surface area (TPSA) is 78.6 Å². The van der Waals surface area contributed by atoms with Crippen LogP contribution in [0.3, 0.4) is 0 Å². The SMILES string of the molecule is CC(C)(C)OC(=O)c1cc(F)ccc1OC(=O)CN. The van der Waals surface area contributed by atoms with Crippen LogP contribution in [0.2, 0.25) is 0 Å². The summed E-state index contributed by atoms with van der Waals surface area (Å²) in [7, 11) is 0. The minimum absolute atomic E-state index is 0.0777. The quantitative estimate of drug-likeness (QED) is 0.666. The molecule has 0 saturated carbocycles. The van der Waals surface area contributed by atoms with Gasteiger partial charge < -0.3 is 15.2 Å². The molecule has 5 nitrogen and oxygen atoms in total. The maximum atomic E-state index is 13.2. The van der Waals surface area contributed by atoms with Crippen LogP contribution in [0.1, 0.15) is 31.1 Å². The fourth-order valence-electron chi connectivity index (χ4n) is 1.25. The molecule has 0 fully saturated rings. The van der Waals surface area contributed by atoms with Crippen LogP contribution in [-0.4, -0.2) is 24.1 Å². The van der Waals surface area contributed by atoms with Crippen molar-refractivity contribution in [3.8, 4) is 5.75 Å². The smallest absolute Gasteiger partial charge is 0.342 e. The highest BCUT2D eigenvalue weighted by molar-refractivity contribution is 5.93. The van der Waals surface area contributed by atoms with Gasteiger partial charge in [-0.25, -0.2) is 9.18 Å². The summed E-state index contributed by atoms with van der Waals surface area (Å²) in [5.41, 5.74) is 4.22. The molecule has 104 valence electrons. The van der Waals surface area contributed by atoms with Crippen molar-refractivity contribution in [1.29, 1.82) is 0 Å². The second-order valence-electron chi connectivity index (χ2n) is 4.82. The molecule has 1 rings (SSSR count). The predicted molar refractivity (Wildman–Crippen MR) is 66.3 cm³/mol. The summed E-state index contributed by atoms with van der Waals surface area (Å²) >= 11 is 0. The zero-order chi connectivity index (χ0) is 14.6. The van der Waals surface area contributed by atoms with Gasteiger partial charge in [-0.3, -0.25) is 4.79 Å².